The first kappa shape index (κ1) is 32.9. The highest BCUT2D eigenvalue weighted by molar-refractivity contribution is 7.90. The zero-order chi connectivity index (χ0) is 32.8. The predicted octanol–water partition coefficient (Wildman–Crippen LogP) is 5.17. The molecule has 11 heteroatoms. The number of carbonyl (C=O) groups is 1. The number of benzene rings is 2. The lowest BCUT2D eigenvalue weighted by molar-refractivity contribution is 0.0447. The number of ether oxygens (including phenoxy) is 3. The highest BCUT2D eigenvalue weighted by Crippen LogP contribution is 2.47. The molecule has 2 fully saturated rings. The number of aliphatic hydroxyl groups is 1. The lowest BCUT2D eigenvalue weighted by Gasteiger charge is -2.45. The highest BCUT2D eigenvalue weighted by atomic mass is 35.5. The lowest BCUT2D eigenvalue weighted by Crippen LogP contribution is -2.49. The zero-order valence-electron chi connectivity index (χ0n) is 26.9. The number of aliphatic hydroxyl groups excluding tert-OH is 1. The Morgan fingerprint density at radius 2 is 2.02 bits per heavy atom. The zero-order valence-corrected chi connectivity index (χ0v) is 28.5. The summed E-state index contributed by atoms with van der Waals surface area (Å²) in [4.78, 5) is 16.1. The molecule has 254 valence electrons. The van der Waals surface area contributed by atoms with E-state index in [1.807, 2.05) is 12.1 Å². The molecule has 3 heterocycles. The number of halogens is 1. The first-order valence-electron chi connectivity index (χ1n) is 17.0. The fourth-order valence-electron chi connectivity index (χ4n) is 8.54. The van der Waals surface area contributed by atoms with Gasteiger partial charge in [-0.05, 0) is 111 Å². The van der Waals surface area contributed by atoms with Crippen molar-refractivity contribution in [3.63, 3.8) is 0 Å². The van der Waals surface area contributed by atoms with Gasteiger partial charge in [-0.1, -0.05) is 29.8 Å². The summed E-state index contributed by atoms with van der Waals surface area (Å²) in [6.45, 7) is 2.43. The number of fused-ring (bicyclic) bond motifs is 4. The Morgan fingerprint density at radius 1 is 1.15 bits per heavy atom. The van der Waals surface area contributed by atoms with E-state index in [0.29, 0.717) is 32.1 Å². The number of nitrogens with one attached hydrogen (secondary N) is 1. The van der Waals surface area contributed by atoms with Crippen molar-refractivity contribution >= 4 is 33.2 Å². The van der Waals surface area contributed by atoms with Crippen LogP contribution in [0.25, 0.3) is 0 Å². The number of nitrogens with zero attached hydrogens (tertiary/aromatic N) is 1. The summed E-state index contributed by atoms with van der Waals surface area (Å²) in [6, 6.07) is 11.3. The SMILES string of the molecule is CO[C@@H]1C/C=C\[C@H](O)[C@@H]2CC[C@H]2CN2C[C@@]3(CCCc4cc(Cl)ccc43)COc3ccc(cc32)C(=O)NS(=O)(=O)[C@@H]1C[C@H]1CCCO1. The van der Waals surface area contributed by atoms with Crippen molar-refractivity contribution in [1.82, 2.24) is 4.72 Å². The monoisotopic (exact) mass is 684 g/mol. The van der Waals surface area contributed by atoms with Gasteiger partial charge in [0.15, 0.2) is 0 Å². The van der Waals surface area contributed by atoms with E-state index >= 15 is 0 Å². The van der Waals surface area contributed by atoms with E-state index in [1.165, 1.54) is 18.2 Å². The molecule has 5 aliphatic rings. The number of sulfonamides is 1. The van der Waals surface area contributed by atoms with Gasteiger partial charge in [-0.15, -0.1) is 0 Å². The number of hydrogen-bond donors (Lipinski definition) is 2. The van der Waals surface area contributed by atoms with Gasteiger partial charge in [0.25, 0.3) is 5.91 Å². The number of amides is 1. The van der Waals surface area contributed by atoms with Gasteiger partial charge >= 0.3 is 0 Å². The molecule has 0 unspecified atom stereocenters. The lowest BCUT2D eigenvalue weighted by atomic mass is 9.68. The Balaban J connectivity index is 1.27. The van der Waals surface area contributed by atoms with Crippen molar-refractivity contribution < 1.29 is 32.5 Å². The van der Waals surface area contributed by atoms with Gasteiger partial charge in [-0.25, -0.2) is 13.1 Å². The Kier molecular flexibility index (Phi) is 9.34. The van der Waals surface area contributed by atoms with E-state index in [1.54, 1.807) is 24.3 Å². The standard InChI is InChI=1S/C36H45ClN2O7S/c1-44-33-8-2-7-31(40)28-12-9-25(28)20-39-21-36(15-3-5-23-17-26(37)11-13-29(23)36)22-46-32-14-10-24(18-30(32)39)35(41)38-47(42,43)34(33)19-27-6-4-16-45-27/h2,7,10-11,13-14,17-18,25,27-28,31,33-34,40H,3-6,8-9,12,15-16,19-22H2,1H3,(H,38,41)/b7-2-/t25-,27+,28+,31-,33+,34+,36-/m0/s1. The molecule has 2 aromatic carbocycles. The van der Waals surface area contributed by atoms with Crippen LogP contribution in [0.5, 0.6) is 5.75 Å². The average molecular weight is 685 g/mol. The molecule has 1 saturated heterocycles. The van der Waals surface area contributed by atoms with Gasteiger partial charge in [0, 0.05) is 42.8 Å². The van der Waals surface area contributed by atoms with Gasteiger partial charge in [0.2, 0.25) is 10.0 Å². The van der Waals surface area contributed by atoms with Crippen molar-refractivity contribution in [2.75, 3.05) is 38.3 Å². The van der Waals surface area contributed by atoms with Gasteiger partial charge in [-0.3, -0.25) is 4.79 Å². The summed E-state index contributed by atoms with van der Waals surface area (Å²) in [5.74, 6) is 0.285. The molecule has 2 N–H and O–H groups in total. The molecule has 1 saturated carbocycles. The maximum absolute atomic E-state index is 13.9. The summed E-state index contributed by atoms with van der Waals surface area (Å²) in [6.07, 6.45) is 8.95. The van der Waals surface area contributed by atoms with Gasteiger partial charge in [0.1, 0.15) is 11.0 Å². The molecule has 7 atom stereocenters. The smallest absolute Gasteiger partial charge is 0.264 e. The van der Waals surface area contributed by atoms with Gasteiger partial charge < -0.3 is 24.2 Å². The third kappa shape index (κ3) is 6.56. The summed E-state index contributed by atoms with van der Waals surface area (Å²) >= 11 is 6.41. The predicted molar refractivity (Wildman–Crippen MR) is 181 cm³/mol. The van der Waals surface area contributed by atoms with Crippen LogP contribution in [-0.4, -0.2) is 76.4 Å². The van der Waals surface area contributed by atoms with Crippen LogP contribution >= 0.6 is 11.6 Å². The van der Waals surface area contributed by atoms with Crippen LogP contribution < -0.4 is 14.4 Å². The Labute approximate surface area is 282 Å². The van der Waals surface area contributed by atoms with Gasteiger partial charge in [-0.2, -0.15) is 0 Å². The van der Waals surface area contributed by atoms with Crippen LogP contribution in [0.1, 0.15) is 72.9 Å². The molecule has 0 radical (unpaired) electrons. The summed E-state index contributed by atoms with van der Waals surface area (Å²) in [5, 5.41) is 11.0. The Morgan fingerprint density at radius 3 is 2.79 bits per heavy atom. The van der Waals surface area contributed by atoms with Crippen LogP contribution in [0.2, 0.25) is 5.02 Å². The first-order valence-corrected chi connectivity index (χ1v) is 18.9. The third-order valence-corrected chi connectivity index (χ3v) is 13.2. The number of anilines is 1. The minimum atomic E-state index is -4.18. The molecule has 9 nitrogen and oxygen atoms in total. The molecule has 2 aromatic rings. The molecule has 3 aliphatic heterocycles. The van der Waals surface area contributed by atoms with Gasteiger partial charge in [0.05, 0.1) is 30.6 Å². The number of carbonyl (C=O) groups excluding carboxylic acids is 1. The molecular weight excluding hydrogens is 640 g/mol. The molecule has 0 aromatic heterocycles. The second-order valence-electron chi connectivity index (χ2n) is 14.1. The second-order valence-corrected chi connectivity index (χ2v) is 16.4. The Hall–Kier alpha value is -2.63. The van der Waals surface area contributed by atoms with E-state index in [2.05, 4.69) is 21.8 Å². The first-order chi connectivity index (χ1) is 22.7. The second kappa shape index (κ2) is 13.3. The van der Waals surface area contributed by atoms with Crippen molar-refractivity contribution in [1.29, 1.82) is 0 Å². The molecule has 2 bridgehead atoms. The largest absolute Gasteiger partial charge is 0.490 e. The van der Waals surface area contributed by atoms with E-state index < -0.39 is 33.4 Å². The third-order valence-electron chi connectivity index (χ3n) is 11.2. The van der Waals surface area contributed by atoms with Crippen molar-refractivity contribution in [2.24, 2.45) is 11.8 Å². The molecular formula is C36H45ClN2O7S. The van der Waals surface area contributed by atoms with Crippen molar-refractivity contribution in [3.8, 4) is 5.75 Å². The van der Waals surface area contributed by atoms with E-state index in [4.69, 9.17) is 25.8 Å². The van der Waals surface area contributed by atoms with Crippen LogP contribution in [0.15, 0.2) is 48.6 Å². The van der Waals surface area contributed by atoms with E-state index in [9.17, 15) is 18.3 Å². The van der Waals surface area contributed by atoms with E-state index in [0.717, 1.165) is 55.7 Å². The maximum atomic E-state index is 13.9. The molecule has 7 rings (SSSR count). The van der Waals surface area contributed by atoms with Crippen molar-refractivity contribution in [2.45, 2.75) is 86.8 Å². The van der Waals surface area contributed by atoms with Crippen molar-refractivity contribution in [3.05, 3.63) is 70.3 Å². The van der Waals surface area contributed by atoms with Crippen LogP contribution in [0.4, 0.5) is 5.69 Å². The van der Waals surface area contributed by atoms with Crippen LogP contribution in [0.3, 0.4) is 0 Å². The number of aryl methyl sites for hydroxylation is 1. The highest BCUT2D eigenvalue weighted by Gasteiger charge is 2.45. The summed E-state index contributed by atoms with van der Waals surface area (Å²) in [5.41, 5.74) is 3.21. The molecule has 47 heavy (non-hydrogen) atoms. The maximum Gasteiger partial charge on any atom is 0.264 e. The summed E-state index contributed by atoms with van der Waals surface area (Å²) < 4.78 is 48.4. The fourth-order valence-corrected chi connectivity index (χ4v) is 10.3. The normalized spacial score (nSPS) is 34.3. The Bertz CT molecular complexity index is 1630. The van der Waals surface area contributed by atoms with Crippen LogP contribution in [0, 0.1) is 11.8 Å². The summed E-state index contributed by atoms with van der Waals surface area (Å²) in [7, 11) is -2.69. The molecule has 2 aliphatic carbocycles. The number of methoxy groups -OCH3 is 1. The number of hydrogen-bond acceptors (Lipinski definition) is 8. The average Bonchev–Trinajstić information content (AvgIpc) is 3.50. The van der Waals surface area contributed by atoms with Crippen LogP contribution in [-0.2, 0) is 31.3 Å². The quantitative estimate of drug-likeness (QED) is 0.426. The number of rotatable bonds is 3. The minimum absolute atomic E-state index is 0.0686. The topological polar surface area (TPSA) is 114 Å². The fraction of sp³-hybridized carbons (Fsp3) is 0.583. The van der Waals surface area contributed by atoms with E-state index in [-0.39, 0.29) is 41.8 Å². The minimum Gasteiger partial charge on any atom is -0.490 e. The molecule has 1 spiro atoms. The molecule has 1 amide bonds.